The van der Waals surface area contributed by atoms with Crippen LogP contribution in [0, 0.1) is 0 Å². The van der Waals surface area contributed by atoms with Gasteiger partial charge in [0.1, 0.15) is 5.67 Å². The van der Waals surface area contributed by atoms with Gasteiger partial charge in [-0.1, -0.05) is 44.5 Å². The van der Waals surface area contributed by atoms with Crippen LogP contribution in [0.15, 0.2) is 24.3 Å². The van der Waals surface area contributed by atoms with E-state index < -0.39 is 5.67 Å². The Hall–Kier alpha value is -0.890. The van der Waals surface area contributed by atoms with Gasteiger partial charge in [0, 0.05) is 12.5 Å². The van der Waals surface area contributed by atoms with E-state index in [1.54, 1.807) is 6.92 Å². The van der Waals surface area contributed by atoms with Crippen LogP contribution >= 0.6 is 0 Å². The smallest absolute Gasteiger partial charge is 0.113 e. The fraction of sp³-hybridized carbons (Fsp3) is 0.667. The summed E-state index contributed by atoms with van der Waals surface area (Å²) in [5, 5.41) is 3.45. The average Bonchev–Trinajstić information content (AvgIpc) is 2.39. The van der Waals surface area contributed by atoms with Crippen molar-refractivity contribution in [1.82, 2.24) is 5.32 Å². The SMILES string of the molecule is CC(C)c1ccc(CC(C)(F)CC2CCCCN2)cc1. The Morgan fingerprint density at radius 2 is 1.95 bits per heavy atom. The van der Waals surface area contributed by atoms with Crippen molar-refractivity contribution in [3.8, 4) is 0 Å². The lowest BCUT2D eigenvalue weighted by Gasteiger charge is -2.30. The van der Waals surface area contributed by atoms with Crippen LogP contribution in [-0.4, -0.2) is 18.3 Å². The number of halogens is 1. The van der Waals surface area contributed by atoms with Gasteiger partial charge in [-0.25, -0.2) is 4.39 Å². The van der Waals surface area contributed by atoms with Gasteiger partial charge in [-0.3, -0.25) is 0 Å². The quantitative estimate of drug-likeness (QED) is 0.828. The largest absolute Gasteiger partial charge is 0.314 e. The molecule has 0 aromatic heterocycles. The first-order valence-corrected chi connectivity index (χ1v) is 7.97. The van der Waals surface area contributed by atoms with E-state index in [1.165, 1.54) is 18.4 Å². The van der Waals surface area contributed by atoms with Gasteiger partial charge < -0.3 is 5.32 Å². The van der Waals surface area contributed by atoms with Crippen LogP contribution in [0.1, 0.15) is 63.5 Å². The Kier molecular flexibility index (Phi) is 5.20. The molecule has 2 heteroatoms. The molecule has 1 aromatic rings. The molecule has 2 rings (SSSR count). The van der Waals surface area contributed by atoms with Gasteiger partial charge in [-0.15, -0.1) is 0 Å². The van der Waals surface area contributed by atoms with E-state index in [9.17, 15) is 4.39 Å². The van der Waals surface area contributed by atoms with Crippen molar-refractivity contribution in [3.05, 3.63) is 35.4 Å². The molecule has 2 unspecified atom stereocenters. The Balaban J connectivity index is 1.92. The van der Waals surface area contributed by atoms with E-state index in [4.69, 9.17) is 0 Å². The van der Waals surface area contributed by atoms with E-state index in [1.807, 2.05) is 0 Å². The zero-order chi connectivity index (χ0) is 14.6. The summed E-state index contributed by atoms with van der Waals surface area (Å²) in [7, 11) is 0. The van der Waals surface area contributed by atoms with E-state index >= 15 is 0 Å². The number of hydrogen-bond acceptors (Lipinski definition) is 1. The van der Waals surface area contributed by atoms with Crippen LogP contribution in [0.5, 0.6) is 0 Å². The van der Waals surface area contributed by atoms with E-state index in [0.29, 0.717) is 24.8 Å². The monoisotopic (exact) mass is 277 g/mol. The second kappa shape index (κ2) is 6.71. The fourth-order valence-electron chi connectivity index (χ4n) is 3.13. The second-order valence-electron chi connectivity index (χ2n) is 6.84. The lowest BCUT2D eigenvalue weighted by Crippen LogP contribution is -2.40. The van der Waals surface area contributed by atoms with Gasteiger partial charge in [0.15, 0.2) is 0 Å². The molecule has 20 heavy (non-hydrogen) atoms. The van der Waals surface area contributed by atoms with Gasteiger partial charge in [0.2, 0.25) is 0 Å². The normalized spacial score (nSPS) is 22.8. The minimum atomic E-state index is -1.12. The lowest BCUT2D eigenvalue weighted by molar-refractivity contribution is 0.146. The van der Waals surface area contributed by atoms with Gasteiger partial charge in [0.05, 0.1) is 0 Å². The highest BCUT2D eigenvalue weighted by Gasteiger charge is 2.28. The molecule has 0 bridgehead atoms. The molecule has 1 nitrogen and oxygen atoms in total. The van der Waals surface area contributed by atoms with E-state index in [-0.39, 0.29) is 0 Å². The Morgan fingerprint density at radius 1 is 1.25 bits per heavy atom. The first-order chi connectivity index (χ1) is 9.46. The summed E-state index contributed by atoms with van der Waals surface area (Å²) in [5.74, 6) is 0.534. The van der Waals surface area contributed by atoms with Gasteiger partial charge in [-0.2, -0.15) is 0 Å². The molecule has 1 aromatic carbocycles. The van der Waals surface area contributed by atoms with Crippen LogP contribution in [0.25, 0.3) is 0 Å². The number of alkyl halides is 1. The van der Waals surface area contributed by atoms with Crippen molar-refractivity contribution < 1.29 is 4.39 Å². The highest BCUT2D eigenvalue weighted by atomic mass is 19.1. The summed E-state index contributed by atoms with van der Waals surface area (Å²) < 4.78 is 14.8. The number of nitrogens with one attached hydrogen (secondary N) is 1. The molecule has 1 heterocycles. The van der Waals surface area contributed by atoms with Crippen molar-refractivity contribution in [3.63, 3.8) is 0 Å². The summed E-state index contributed by atoms with van der Waals surface area (Å²) in [6.45, 7) is 7.16. The molecule has 0 aliphatic carbocycles. The fourth-order valence-corrected chi connectivity index (χ4v) is 3.13. The highest BCUT2D eigenvalue weighted by Crippen LogP contribution is 2.27. The summed E-state index contributed by atoms with van der Waals surface area (Å²) in [6, 6.07) is 8.79. The van der Waals surface area contributed by atoms with Crippen molar-refractivity contribution >= 4 is 0 Å². The summed E-state index contributed by atoms with van der Waals surface area (Å²) in [5.41, 5.74) is 1.31. The third-order valence-electron chi connectivity index (χ3n) is 4.30. The molecular weight excluding hydrogens is 249 g/mol. The molecular formula is C18H28FN. The molecule has 1 N–H and O–H groups in total. The van der Waals surface area contributed by atoms with Crippen LogP contribution in [-0.2, 0) is 6.42 Å². The molecule has 0 amide bonds. The minimum absolute atomic E-state index is 0.355. The van der Waals surface area contributed by atoms with Gasteiger partial charge in [-0.05, 0) is 49.8 Å². The molecule has 1 aliphatic heterocycles. The Labute approximate surface area is 123 Å². The summed E-state index contributed by atoms with van der Waals surface area (Å²) in [4.78, 5) is 0. The molecule has 2 atom stereocenters. The third kappa shape index (κ3) is 4.59. The van der Waals surface area contributed by atoms with Crippen molar-refractivity contribution in [2.45, 2.75) is 70.5 Å². The maximum absolute atomic E-state index is 14.8. The van der Waals surface area contributed by atoms with Crippen LogP contribution in [0.4, 0.5) is 4.39 Å². The highest BCUT2D eigenvalue weighted by molar-refractivity contribution is 5.25. The Bertz CT molecular complexity index is 402. The van der Waals surface area contributed by atoms with Crippen molar-refractivity contribution in [2.24, 2.45) is 0 Å². The maximum Gasteiger partial charge on any atom is 0.113 e. The molecule has 0 spiro atoms. The lowest BCUT2D eigenvalue weighted by atomic mass is 9.88. The van der Waals surface area contributed by atoms with Gasteiger partial charge in [0.25, 0.3) is 0 Å². The number of piperidine rings is 1. The summed E-state index contributed by atoms with van der Waals surface area (Å²) in [6.07, 6.45) is 4.72. The molecule has 112 valence electrons. The first-order valence-electron chi connectivity index (χ1n) is 7.97. The third-order valence-corrected chi connectivity index (χ3v) is 4.30. The summed E-state index contributed by atoms with van der Waals surface area (Å²) >= 11 is 0. The van der Waals surface area contributed by atoms with Crippen LogP contribution in [0.3, 0.4) is 0 Å². The van der Waals surface area contributed by atoms with Crippen LogP contribution in [0.2, 0.25) is 0 Å². The first kappa shape index (κ1) is 15.5. The predicted octanol–water partition coefficient (Wildman–Crippen LogP) is 4.61. The van der Waals surface area contributed by atoms with E-state index in [2.05, 4.69) is 43.4 Å². The minimum Gasteiger partial charge on any atom is -0.314 e. The number of rotatable bonds is 5. The predicted molar refractivity (Wildman–Crippen MR) is 84.0 cm³/mol. The number of benzene rings is 1. The molecule has 1 saturated heterocycles. The second-order valence-corrected chi connectivity index (χ2v) is 6.84. The van der Waals surface area contributed by atoms with Crippen LogP contribution < -0.4 is 5.32 Å². The van der Waals surface area contributed by atoms with Gasteiger partial charge >= 0.3 is 0 Å². The zero-order valence-electron chi connectivity index (χ0n) is 13.1. The van der Waals surface area contributed by atoms with E-state index in [0.717, 1.165) is 18.5 Å². The molecule has 0 radical (unpaired) electrons. The van der Waals surface area contributed by atoms with Crippen molar-refractivity contribution in [1.29, 1.82) is 0 Å². The zero-order valence-corrected chi connectivity index (χ0v) is 13.1. The standard InChI is InChI=1S/C18H28FN/c1-14(2)16-9-7-15(8-10-16)12-18(3,19)13-17-6-4-5-11-20-17/h7-10,14,17,20H,4-6,11-13H2,1-3H3. The molecule has 1 fully saturated rings. The number of hydrogen-bond donors (Lipinski definition) is 1. The average molecular weight is 277 g/mol. The maximum atomic E-state index is 14.8. The Morgan fingerprint density at radius 3 is 2.50 bits per heavy atom. The topological polar surface area (TPSA) is 12.0 Å². The molecule has 1 aliphatic rings. The molecule has 0 saturated carbocycles. The van der Waals surface area contributed by atoms with Crippen molar-refractivity contribution in [2.75, 3.05) is 6.54 Å².